The van der Waals surface area contributed by atoms with E-state index in [1.807, 2.05) is 13.8 Å². The van der Waals surface area contributed by atoms with Gasteiger partial charge >= 0.3 is 6.16 Å². The van der Waals surface area contributed by atoms with E-state index in [1.165, 1.54) is 0 Å². The maximum atomic E-state index is 11.1. The highest BCUT2D eigenvalue weighted by Gasteiger charge is 2.21. The molecule has 0 spiro atoms. The second kappa shape index (κ2) is 8.49. The van der Waals surface area contributed by atoms with E-state index in [2.05, 4.69) is 4.89 Å². The van der Waals surface area contributed by atoms with Crippen LogP contribution in [0.5, 0.6) is 0 Å². The van der Waals surface area contributed by atoms with Gasteiger partial charge in [0, 0.05) is 5.92 Å². The maximum Gasteiger partial charge on any atom is 0.510 e. The van der Waals surface area contributed by atoms with Gasteiger partial charge < -0.3 is 9.47 Å². The molecule has 5 nitrogen and oxygen atoms in total. The lowest BCUT2D eigenvalue weighted by atomic mass is 10.1. The monoisotopic (exact) mass is 220 g/mol. The van der Waals surface area contributed by atoms with Gasteiger partial charge in [-0.05, 0) is 12.8 Å². The lowest BCUT2D eigenvalue weighted by Gasteiger charge is -2.19. The summed E-state index contributed by atoms with van der Waals surface area (Å²) in [7, 11) is 0. The van der Waals surface area contributed by atoms with Gasteiger partial charge in [-0.3, -0.25) is 0 Å². The standard InChI is InChI=1S/C10H20O5/c1-4-6-7-13-10(11)14-9(15-12)8(3)5-2/h8-9,12H,4-7H2,1-3H3. The predicted molar refractivity (Wildman–Crippen MR) is 54.3 cm³/mol. The van der Waals surface area contributed by atoms with Crippen LogP contribution in [0.25, 0.3) is 0 Å². The van der Waals surface area contributed by atoms with Gasteiger partial charge in [-0.1, -0.05) is 27.2 Å². The summed E-state index contributed by atoms with van der Waals surface area (Å²) in [5.41, 5.74) is 0. The van der Waals surface area contributed by atoms with Gasteiger partial charge in [0.1, 0.15) is 0 Å². The third kappa shape index (κ3) is 6.30. The van der Waals surface area contributed by atoms with Crippen LogP contribution in [0, 0.1) is 5.92 Å². The Labute approximate surface area is 90.2 Å². The van der Waals surface area contributed by atoms with Crippen LogP contribution in [0.1, 0.15) is 40.0 Å². The molecule has 0 aliphatic carbocycles. The van der Waals surface area contributed by atoms with E-state index in [9.17, 15) is 4.79 Å². The van der Waals surface area contributed by atoms with Crippen molar-refractivity contribution in [3.8, 4) is 0 Å². The maximum absolute atomic E-state index is 11.1. The third-order valence-corrected chi connectivity index (χ3v) is 2.14. The van der Waals surface area contributed by atoms with Crippen LogP contribution in [0.15, 0.2) is 0 Å². The number of carbonyl (C=O) groups excluding carboxylic acids is 1. The summed E-state index contributed by atoms with van der Waals surface area (Å²) >= 11 is 0. The fourth-order valence-corrected chi connectivity index (χ4v) is 0.863. The van der Waals surface area contributed by atoms with Crippen LogP contribution in [0.2, 0.25) is 0 Å². The molecule has 5 heteroatoms. The fraction of sp³-hybridized carbons (Fsp3) is 0.900. The summed E-state index contributed by atoms with van der Waals surface area (Å²) in [6.07, 6.45) is 0.710. The van der Waals surface area contributed by atoms with Gasteiger partial charge in [-0.15, -0.1) is 0 Å². The molecule has 0 saturated carbocycles. The molecule has 15 heavy (non-hydrogen) atoms. The van der Waals surface area contributed by atoms with Crippen molar-refractivity contribution < 1.29 is 24.4 Å². The molecule has 0 aromatic carbocycles. The van der Waals surface area contributed by atoms with Gasteiger partial charge in [0.15, 0.2) is 0 Å². The zero-order valence-corrected chi connectivity index (χ0v) is 9.56. The van der Waals surface area contributed by atoms with Crippen molar-refractivity contribution in [2.24, 2.45) is 5.92 Å². The van der Waals surface area contributed by atoms with Gasteiger partial charge in [0.05, 0.1) is 6.61 Å². The van der Waals surface area contributed by atoms with E-state index < -0.39 is 12.4 Å². The first-order valence-corrected chi connectivity index (χ1v) is 5.29. The quantitative estimate of drug-likeness (QED) is 0.235. The van der Waals surface area contributed by atoms with Crippen molar-refractivity contribution >= 4 is 6.16 Å². The average Bonchev–Trinajstić information content (AvgIpc) is 2.25. The lowest BCUT2D eigenvalue weighted by molar-refractivity contribution is -0.347. The van der Waals surface area contributed by atoms with Crippen LogP contribution in [0.4, 0.5) is 4.79 Å². The summed E-state index contributed by atoms with van der Waals surface area (Å²) in [6, 6.07) is 0. The molecule has 0 saturated heterocycles. The van der Waals surface area contributed by atoms with Crippen LogP contribution in [-0.4, -0.2) is 24.3 Å². The fourth-order valence-electron chi connectivity index (χ4n) is 0.863. The minimum Gasteiger partial charge on any atom is -0.434 e. The molecule has 0 radical (unpaired) electrons. The van der Waals surface area contributed by atoms with Crippen molar-refractivity contribution in [3.05, 3.63) is 0 Å². The summed E-state index contributed by atoms with van der Waals surface area (Å²) in [5.74, 6) is -0.0753. The Balaban J connectivity index is 3.80. The molecule has 0 heterocycles. The van der Waals surface area contributed by atoms with E-state index in [0.29, 0.717) is 6.61 Å². The van der Waals surface area contributed by atoms with E-state index in [-0.39, 0.29) is 5.92 Å². The molecule has 0 amide bonds. The Morgan fingerprint density at radius 3 is 2.53 bits per heavy atom. The number of hydrogen-bond donors (Lipinski definition) is 1. The largest absolute Gasteiger partial charge is 0.510 e. The topological polar surface area (TPSA) is 65.0 Å². The molecule has 0 aliphatic rings. The van der Waals surface area contributed by atoms with Crippen molar-refractivity contribution in [2.75, 3.05) is 6.61 Å². The zero-order valence-electron chi connectivity index (χ0n) is 9.56. The number of ether oxygens (including phenoxy) is 2. The van der Waals surface area contributed by atoms with E-state index in [0.717, 1.165) is 19.3 Å². The zero-order chi connectivity index (χ0) is 11.7. The van der Waals surface area contributed by atoms with E-state index in [1.54, 1.807) is 6.92 Å². The Hall–Kier alpha value is -0.810. The van der Waals surface area contributed by atoms with Gasteiger partial charge in [0.2, 0.25) is 6.29 Å². The first-order valence-electron chi connectivity index (χ1n) is 5.29. The molecule has 0 fully saturated rings. The summed E-state index contributed by atoms with van der Waals surface area (Å²) in [6.45, 7) is 6.03. The van der Waals surface area contributed by atoms with Crippen LogP contribution in [-0.2, 0) is 14.4 Å². The molecule has 2 unspecified atom stereocenters. The highest BCUT2D eigenvalue weighted by atomic mass is 17.1. The van der Waals surface area contributed by atoms with Gasteiger partial charge in [0.25, 0.3) is 0 Å². The highest BCUT2D eigenvalue weighted by Crippen LogP contribution is 2.12. The second-order valence-electron chi connectivity index (χ2n) is 3.43. The molecular weight excluding hydrogens is 200 g/mol. The molecule has 0 aromatic heterocycles. The van der Waals surface area contributed by atoms with Gasteiger partial charge in [-0.2, -0.15) is 4.89 Å². The molecule has 0 bridgehead atoms. The minimum atomic E-state index is -0.955. The Morgan fingerprint density at radius 1 is 1.40 bits per heavy atom. The summed E-state index contributed by atoms with van der Waals surface area (Å²) in [4.78, 5) is 15.1. The van der Waals surface area contributed by atoms with Crippen molar-refractivity contribution in [1.29, 1.82) is 0 Å². The van der Waals surface area contributed by atoms with E-state index in [4.69, 9.17) is 14.7 Å². The minimum absolute atomic E-state index is 0.0753. The molecule has 0 aromatic rings. The third-order valence-electron chi connectivity index (χ3n) is 2.14. The average molecular weight is 220 g/mol. The van der Waals surface area contributed by atoms with Crippen molar-refractivity contribution in [2.45, 2.75) is 46.3 Å². The smallest absolute Gasteiger partial charge is 0.434 e. The molecule has 1 N–H and O–H groups in total. The molecule has 2 atom stereocenters. The van der Waals surface area contributed by atoms with Gasteiger partial charge in [-0.25, -0.2) is 10.1 Å². The first kappa shape index (κ1) is 14.2. The molecular formula is C10H20O5. The Morgan fingerprint density at radius 2 is 2.07 bits per heavy atom. The van der Waals surface area contributed by atoms with Crippen LogP contribution >= 0.6 is 0 Å². The Kier molecular flexibility index (Phi) is 8.04. The number of rotatable bonds is 7. The number of unbranched alkanes of at least 4 members (excludes halogenated alkanes) is 1. The van der Waals surface area contributed by atoms with Crippen molar-refractivity contribution in [3.63, 3.8) is 0 Å². The number of hydrogen-bond acceptors (Lipinski definition) is 5. The van der Waals surface area contributed by atoms with E-state index >= 15 is 0 Å². The number of carbonyl (C=O) groups is 1. The lowest BCUT2D eigenvalue weighted by Crippen LogP contribution is -2.27. The normalized spacial score (nSPS) is 14.4. The molecule has 0 rings (SSSR count). The molecule has 0 aliphatic heterocycles. The molecule has 90 valence electrons. The van der Waals surface area contributed by atoms with Crippen LogP contribution in [0.3, 0.4) is 0 Å². The predicted octanol–water partition coefficient (Wildman–Crippen LogP) is 2.80. The summed E-state index contributed by atoms with van der Waals surface area (Å²) in [5, 5.41) is 8.52. The summed E-state index contributed by atoms with van der Waals surface area (Å²) < 4.78 is 9.52. The first-order chi connectivity index (χ1) is 7.15. The highest BCUT2D eigenvalue weighted by molar-refractivity contribution is 5.59. The van der Waals surface area contributed by atoms with Crippen LogP contribution < -0.4 is 0 Å². The van der Waals surface area contributed by atoms with Crippen molar-refractivity contribution in [1.82, 2.24) is 0 Å². The SMILES string of the molecule is CCCCOC(=O)OC(OO)C(C)CC. The second-order valence-corrected chi connectivity index (χ2v) is 3.43. The Bertz CT molecular complexity index is 171.